The van der Waals surface area contributed by atoms with Gasteiger partial charge in [-0.3, -0.25) is 4.57 Å². The molecule has 0 aliphatic carbocycles. The molecule has 3 atom stereocenters. The van der Waals surface area contributed by atoms with Crippen LogP contribution in [0, 0.1) is 5.85 Å². The standard InChI is InChI=1S/C5H10O7P/c6-1-2-3(7)4(8)5(12-2)13(9,10)11/h2-4,6-8H,1H2,(H2,9,10,11)/t2-,3-,4-/m1/s1. The number of hydrogen-bond acceptors (Lipinski definition) is 5. The van der Waals surface area contributed by atoms with E-state index in [0.29, 0.717) is 0 Å². The van der Waals surface area contributed by atoms with Crippen molar-refractivity contribution in [2.24, 2.45) is 0 Å². The third kappa shape index (κ3) is 2.08. The van der Waals surface area contributed by atoms with Crippen molar-refractivity contribution < 1.29 is 34.4 Å². The van der Waals surface area contributed by atoms with Crippen LogP contribution in [0.1, 0.15) is 0 Å². The molecule has 0 aromatic heterocycles. The third-order valence-corrected chi connectivity index (χ3v) is 2.64. The van der Waals surface area contributed by atoms with E-state index in [1.54, 1.807) is 0 Å². The van der Waals surface area contributed by atoms with Crippen molar-refractivity contribution in [1.82, 2.24) is 0 Å². The highest BCUT2D eigenvalue weighted by atomic mass is 31.2. The van der Waals surface area contributed by atoms with Crippen LogP contribution < -0.4 is 0 Å². The van der Waals surface area contributed by atoms with Crippen LogP contribution in [-0.2, 0) is 9.30 Å². The fourth-order valence-corrected chi connectivity index (χ4v) is 1.80. The first kappa shape index (κ1) is 11.1. The van der Waals surface area contributed by atoms with E-state index in [-0.39, 0.29) is 0 Å². The molecule has 77 valence electrons. The Bertz CT molecular complexity index is 225. The van der Waals surface area contributed by atoms with Crippen LogP contribution in [0.4, 0.5) is 0 Å². The lowest BCUT2D eigenvalue weighted by atomic mass is 10.2. The lowest BCUT2D eigenvalue weighted by Gasteiger charge is -2.13. The van der Waals surface area contributed by atoms with Gasteiger partial charge in [-0.15, -0.1) is 0 Å². The summed E-state index contributed by atoms with van der Waals surface area (Å²) < 4.78 is 15.1. The molecule has 0 amide bonds. The zero-order valence-corrected chi connectivity index (χ0v) is 7.33. The average molecular weight is 213 g/mol. The molecule has 1 heterocycles. The molecular formula is C5H10O7P. The van der Waals surface area contributed by atoms with E-state index in [4.69, 9.17) is 25.1 Å². The Morgan fingerprint density at radius 1 is 1.38 bits per heavy atom. The lowest BCUT2D eigenvalue weighted by Crippen LogP contribution is -2.32. The number of aliphatic hydroxyl groups excluding tert-OH is 3. The first-order valence-corrected chi connectivity index (χ1v) is 5.05. The van der Waals surface area contributed by atoms with Gasteiger partial charge in [0, 0.05) is 0 Å². The number of ether oxygens (including phenoxy) is 1. The molecule has 0 saturated carbocycles. The Morgan fingerprint density at radius 3 is 2.15 bits per heavy atom. The summed E-state index contributed by atoms with van der Waals surface area (Å²) in [7, 11) is -4.68. The van der Waals surface area contributed by atoms with Crippen LogP contribution in [-0.4, -0.2) is 50.0 Å². The fourth-order valence-electron chi connectivity index (χ4n) is 1.03. The second-order valence-electron chi connectivity index (χ2n) is 2.66. The minimum atomic E-state index is -4.68. The first-order valence-electron chi connectivity index (χ1n) is 3.44. The Labute approximate surface area is 73.7 Å². The molecule has 0 aromatic rings. The maximum Gasteiger partial charge on any atom is 0.363 e. The molecule has 1 aliphatic heterocycles. The van der Waals surface area contributed by atoms with E-state index in [2.05, 4.69) is 4.74 Å². The Hall–Kier alpha value is -0.0100. The molecule has 13 heavy (non-hydrogen) atoms. The van der Waals surface area contributed by atoms with Crippen LogP contribution in [0.25, 0.3) is 0 Å². The highest BCUT2D eigenvalue weighted by molar-refractivity contribution is 7.55. The third-order valence-electron chi connectivity index (χ3n) is 1.70. The van der Waals surface area contributed by atoms with Crippen LogP contribution >= 0.6 is 7.60 Å². The summed E-state index contributed by atoms with van der Waals surface area (Å²) in [6.45, 7) is -0.623. The van der Waals surface area contributed by atoms with Crippen LogP contribution in [0.2, 0.25) is 0 Å². The highest BCUT2D eigenvalue weighted by Crippen LogP contribution is 2.53. The topological polar surface area (TPSA) is 127 Å². The average Bonchev–Trinajstić information content (AvgIpc) is 2.28. The summed E-state index contributed by atoms with van der Waals surface area (Å²) in [4.78, 5) is 17.2. The Morgan fingerprint density at radius 2 is 1.92 bits per heavy atom. The van der Waals surface area contributed by atoms with Gasteiger partial charge in [0.2, 0.25) is 5.85 Å². The second-order valence-corrected chi connectivity index (χ2v) is 4.19. The molecule has 1 rings (SSSR count). The largest absolute Gasteiger partial charge is 0.394 e. The van der Waals surface area contributed by atoms with Gasteiger partial charge in [0.1, 0.15) is 18.3 Å². The molecule has 0 aromatic carbocycles. The van der Waals surface area contributed by atoms with Gasteiger partial charge in [0.25, 0.3) is 0 Å². The molecule has 5 N–H and O–H groups in total. The second kappa shape index (κ2) is 3.62. The van der Waals surface area contributed by atoms with E-state index >= 15 is 0 Å². The molecule has 8 heteroatoms. The molecule has 0 spiro atoms. The van der Waals surface area contributed by atoms with Crippen LogP contribution in [0.5, 0.6) is 0 Å². The smallest absolute Gasteiger partial charge is 0.363 e. The van der Waals surface area contributed by atoms with Gasteiger partial charge < -0.3 is 29.8 Å². The summed E-state index contributed by atoms with van der Waals surface area (Å²) in [5.41, 5.74) is 0. The predicted molar refractivity (Wildman–Crippen MR) is 39.3 cm³/mol. The minimum absolute atomic E-state index is 0.623. The highest BCUT2D eigenvalue weighted by Gasteiger charge is 2.51. The van der Waals surface area contributed by atoms with Gasteiger partial charge in [-0.2, -0.15) is 0 Å². The zero-order valence-electron chi connectivity index (χ0n) is 6.44. The number of aliphatic hydroxyl groups is 3. The quantitative estimate of drug-likeness (QED) is 0.328. The molecule has 1 saturated heterocycles. The summed E-state index contributed by atoms with van der Waals surface area (Å²) in [5, 5.41) is 26.7. The molecule has 1 radical (unpaired) electrons. The van der Waals surface area contributed by atoms with E-state index in [9.17, 15) is 4.57 Å². The van der Waals surface area contributed by atoms with Gasteiger partial charge >= 0.3 is 7.60 Å². The van der Waals surface area contributed by atoms with E-state index < -0.39 is 38.4 Å². The Kier molecular flexibility index (Phi) is 3.09. The van der Waals surface area contributed by atoms with Crippen molar-refractivity contribution >= 4 is 7.60 Å². The van der Waals surface area contributed by atoms with E-state index in [0.717, 1.165) is 0 Å². The summed E-state index contributed by atoms with van der Waals surface area (Å²) in [6.07, 6.45) is -4.44. The van der Waals surface area contributed by atoms with Crippen molar-refractivity contribution in [2.75, 3.05) is 6.61 Å². The van der Waals surface area contributed by atoms with Crippen molar-refractivity contribution in [1.29, 1.82) is 0 Å². The Balaban J connectivity index is 2.77. The van der Waals surface area contributed by atoms with Crippen molar-refractivity contribution in [2.45, 2.75) is 18.3 Å². The summed E-state index contributed by atoms with van der Waals surface area (Å²) >= 11 is 0. The van der Waals surface area contributed by atoms with Gasteiger partial charge in [-0.05, 0) is 0 Å². The predicted octanol–water partition coefficient (Wildman–Crippen LogP) is -2.23. The zero-order chi connectivity index (χ0) is 10.2. The van der Waals surface area contributed by atoms with Crippen LogP contribution in [0.15, 0.2) is 0 Å². The maximum absolute atomic E-state index is 10.6. The van der Waals surface area contributed by atoms with Crippen molar-refractivity contribution in [3.8, 4) is 0 Å². The summed E-state index contributed by atoms with van der Waals surface area (Å²) in [6, 6.07) is 0. The fraction of sp³-hybridized carbons (Fsp3) is 0.800. The SMILES string of the molecule is O=P(O)(O)[C]1O[C@H](CO)[C@@H](O)[C@H]1O. The van der Waals surface area contributed by atoms with Crippen molar-refractivity contribution in [3.63, 3.8) is 0 Å². The first-order chi connectivity index (χ1) is 5.88. The summed E-state index contributed by atoms with van der Waals surface area (Å²) in [5.74, 6) is -0.890. The molecule has 0 bridgehead atoms. The van der Waals surface area contributed by atoms with Crippen LogP contribution in [0.3, 0.4) is 0 Å². The molecule has 1 fully saturated rings. The minimum Gasteiger partial charge on any atom is -0.394 e. The van der Waals surface area contributed by atoms with E-state index in [1.165, 1.54) is 0 Å². The molecular weight excluding hydrogens is 203 g/mol. The van der Waals surface area contributed by atoms with Gasteiger partial charge in [-0.1, -0.05) is 0 Å². The van der Waals surface area contributed by atoms with Gasteiger partial charge in [0.15, 0.2) is 0 Å². The molecule has 1 aliphatic rings. The lowest BCUT2D eigenvalue weighted by molar-refractivity contribution is -0.00421. The van der Waals surface area contributed by atoms with Gasteiger partial charge in [-0.25, -0.2) is 0 Å². The normalized spacial score (nSPS) is 36.8. The maximum atomic E-state index is 10.6. The number of rotatable bonds is 2. The van der Waals surface area contributed by atoms with E-state index in [1.807, 2.05) is 0 Å². The van der Waals surface area contributed by atoms with Crippen molar-refractivity contribution in [3.05, 3.63) is 5.85 Å². The monoisotopic (exact) mass is 213 g/mol. The number of hydrogen-bond donors (Lipinski definition) is 5. The van der Waals surface area contributed by atoms with Gasteiger partial charge in [0.05, 0.1) is 6.61 Å². The molecule has 7 nitrogen and oxygen atoms in total. The molecule has 0 unspecified atom stereocenters.